The number of amides is 1. The fraction of sp³-hybridized carbons (Fsp3) is 0.833. The van der Waals surface area contributed by atoms with Crippen LogP contribution in [0.2, 0.25) is 0 Å². The van der Waals surface area contributed by atoms with Crippen LogP contribution in [0, 0.1) is 0 Å². The van der Waals surface area contributed by atoms with Crippen molar-refractivity contribution in [3.8, 4) is 0 Å². The fourth-order valence-corrected chi connectivity index (χ4v) is 2.56. The van der Waals surface area contributed by atoms with Gasteiger partial charge in [-0.15, -0.1) is 0 Å². The Balaban J connectivity index is 2.67. The number of hydrogen-bond acceptors (Lipinski definition) is 5. The topological polar surface area (TPSA) is 64.6 Å². The van der Waals surface area contributed by atoms with Gasteiger partial charge in [0.1, 0.15) is 11.1 Å². The van der Waals surface area contributed by atoms with Gasteiger partial charge in [0.15, 0.2) is 0 Å². The van der Waals surface area contributed by atoms with Crippen LogP contribution in [-0.2, 0) is 14.3 Å². The Hall–Kier alpha value is -0.980. The highest BCUT2D eigenvalue weighted by Gasteiger charge is 2.53. The van der Waals surface area contributed by atoms with Gasteiger partial charge in [0.25, 0.3) is 0 Å². The van der Waals surface area contributed by atoms with Crippen LogP contribution < -0.4 is 5.32 Å². The molecule has 0 aromatic rings. The Morgan fingerprint density at radius 3 is 2.42 bits per heavy atom. The molecule has 1 aliphatic carbocycles. The predicted octanol–water partition coefficient (Wildman–Crippen LogP) is 2.59. The van der Waals surface area contributed by atoms with Crippen LogP contribution in [-0.4, -0.2) is 35.1 Å². The van der Waals surface area contributed by atoms with E-state index in [1.807, 2.05) is 0 Å². The van der Waals surface area contributed by atoms with Crippen molar-refractivity contribution in [3.05, 3.63) is 0 Å². The molecule has 0 bridgehead atoms. The van der Waals surface area contributed by atoms with Crippen molar-refractivity contribution in [2.75, 3.05) is 6.61 Å². The molecule has 1 fully saturated rings. The lowest BCUT2D eigenvalue weighted by atomic mass is 9.76. The largest absolute Gasteiger partial charge is 0.464 e. The summed E-state index contributed by atoms with van der Waals surface area (Å²) < 4.78 is 22.5. The Kier molecular flexibility index (Phi) is 5.06. The average molecular weight is 293 g/mol. The van der Waals surface area contributed by atoms with Crippen LogP contribution >= 0.6 is 12.1 Å². The lowest BCUT2D eigenvalue weighted by molar-refractivity contribution is -0.154. The lowest BCUT2D eigenvalue weighted by Gasteiger charge is -2.43. The third-order valence-corrected chi connectivity index (χ3v) is 3.27. The highest BCUT2D eigenvalue weighted by molar-refractivity contribution is 7.95. The van der Waals surface area contributed by atoms with Gasteiger partial charge in [-0.1, -0.05) is 0 Å². The predicted molar refractivity (Wildman–Crippen MR) is 70.5 cm³/mol. The van der Waals surface area contributed by atoms with Gasteiger partial charge in [0, 0.05) is 17.4 Å². The molecule has 1 amide bonds. The number of nitrogens with one attached hydrogen (secondary N) is 1. The summed E-state index contributed by atoms with van der Waals surface area (Å²) in [5.41, 5.74) is -1.81. The first-order valence-electron chi connectivity index (χ1n) is 6.18. The number of carbonyl (C=O) groups is 2. The van der Waals surface area contributed by atoms with Gasteiger partial charge in [0.05, 0.1) is 6.61 Å². The lowest BCUT2D eigenvalue weighted by Crippen LogP contribution is -2.64. The molecule has 5 nitrogen and oxygen atoms in total. The van der Waals surface area contributed by atoms with E-state index in [4.69, 9.17) is 9.47 Å². The van der Waals surface area contributed by atoms with E-state index in [2.05, 4.69) is 5.32 Å². The van der Waals surface area contributed by atoms with E-state index in [-0.39, 0.29) is 36.8 Å². The zero-order valence-electron chi connectivity index (χ0n) is 11.6. The Bertz CT molecular complexity index is 350. The highest BCUT2D eigenvalue weighted by Crippen LogP contribution is 2.41. The monoisotopic (exact) mass is 293 g/mol. The zero-order chi connectivity index (χ0) is 14.7. The molecule has 110 valence electrons. The minimum absolute atomic E-state index is 0.190. The number of esters is 1. The summed E-state index contributed by atoms with van der Waals surface area (Å²) in [6.07, 6.45) is -0.263. The smallest absolute Gasteiger partial charge is 0.408 e. The molecule has 1 saturated carbocycles. The summed E-state index contributed by atoms with van der Waals surface area (Å²) in [5.74, 6) is -0.536. The van der Waals surface area contributed by atoms with E-state index >= 15 is 0 Å². The quantitative estimate of drug-likeness (QED) is 0.807. The molecule has 19 heavy (non-hydrogen) atoms. The second-order valence-corrected chi connectivity index (χ2v) is 6.39. The highest BCUT2D eigenvalue weighted by atomic mass is 32.2. The third kappa shape index (κ3) is 4.26. The molecule has 0 aliphatic heterocycles. The standard InChI is InChI=1S/C12H20FNO4S/c1-5-17-9(15)12(6-8(7-12)19-13)14-10(16)18-11(2,3)4/h8H,5-7H2,1-4H3,(H,14,16). The summed E-state index contributed by atoms with van der Waals surface area (Å²) in [7, 11) is 0. The van der Waals surface area contributed by atoms with Crippen LogP contribution in [0.15, 0.2) is 0 Å². The van der Waals surface area contributed by atoms with E-state index in [0.29, 0.717) is 0 Å². The molecule has 0 aromatic carbocycles. The van der Waals surface area contributed by atoms with Crippen LogP contribution in [0.4, 0.5) is 8.68 Å². The van der Waals surface area contributed by atoms with Gasteiger partial charge >= 0.3 is 12.1 Å². The summed E-state index contributed by atoms with van der Waals surface area (Å²) >= 11 is 0.190. The molecular formula is C12H20FNO4S. The van der Waals surface area contributed by atoms with E-state index in [0.717, 1.165) is 0 Å². The van der Waals surface area contributed by atoms with E-state index in [1.54, 1.807) is 27.7 Å². The van der Waals surface area contributed by atoms with Crippen molar-refractivity contribution in [3.63, 3.8) is 0 Å². The molecule has 1 rings (SSSR count). The number of hydrogen-bond donors (Lipinski definition) is 1. The Morgan fingerprint density at radius 2 is 2.00 bits per heavy atom. The number of ether oxygens (including phenoxy) is 2. The molecule has 0 heterocycles. The molecule has 0 saturated heterocycles. The van der Waals surface area contributed by atoms with Gasteiger partial charge in [-0.3, -0.25) is 0 Å². The van der Waals surface area contributed by atoms with Gasteiger partial charge in [0.2, 0.25) is 0 Å². The number of alkyl carbamates (subject to hydrolysis) is 1. The average Bonchev–Trinajstić information content (AvgIpc) is 2.20. The Labute approximate surface area is 116 Å². The van der Waals surface area contributed by atoms with E-state index < -0.39 is 23.2 Å². The SMILES string of the molecule is CCOC(=O)C1(NC(=O)OC(C)(C)C)CC(SF)C1. The van der Waals surface area contributed by atoms with Gasteiger partial charge in [-0.05, 0) is 40.5 Å². The zero-order valence-corrected chi connectivity index (χ0v) is 12.4. The summed E-state index contributed by atoms with van der Waals surface area (Å²) in [6, 6.07) is 0. The first-order valence-corrected chi connectivity index (χ1v) is 6.96. The molecule has 1 N–H and O–H groups in total. The van der Waals surface area contributed by atoms with Gasteiger partial charge in [-0.2, -0.15) is 3.89 Å². The molecule has 1 aliphatic rings. The maximum Gasteiger partial charge on any atom is 0.408 e. The van der Waals surface area contributed by atoms with Crippen LogP contribution in [0.1, 0.15) is 40.5 Å². The van der Waals surface area contributed by atoms with E-state index in [1.165, 1.54) is 0 Å². The molecule has 0 spiro atoms. The van der Waals surface area contributed by atoms with Crippen molar-refractivity contribution in [1.82, 2.24) is 5.32 Å². The van der Waals surface area contributed by atoms with E-state index in [9.17, 15) is 13.5 Å². The minimum atomic E-state index is -1.15. The normalized spacial score (nSPS) is 26.3. The number of carbonyl (C=O) groups excluding carboxylic acids is 2. The molecule has 0 radical (unpaired) electrons. The van der Waals surface area contributed by atoms with Crippen molar-refractivity contribution >= 4 is 24.2 Å². The first kappa shape index (κ1) is 16.1. The second kappa shape index (κ2) is 5.98. The minimum Gasteiger partial charge on any atom is -0.464 e. The van der Waals surface area contributed by atoms with Crippen molar-refractivity contribution in [2.24, 2.45) is 0 Å². The fourth-order valence-electron chi connectivity index (χ4n) is 1.87. The molecular weight excluding hydrogens is 273 g/mol. The van der Waals surface area contributed by atoms with Crippen LogP contribution in [0.25, 0.3) is 0 Å². The summed E-state index contributed by atoms with van der Waals surface area (Å²) in [4.78, 5) is 23.6. The maximum atomic E-state index is 12.5. The summed E-state index contributed by atoms with van der Waals surface area (Å²) in [6.45, 7) is 7.07. The van der Waals surface area contributed by atoms with Gasteiger partial charge < -0.3 is 14.8 Å². The third-order valence-electron chi connectivity index (χ3n) is 2.68. The molecule has 0 atom stereocenters. The van der Waals surface area contributed by atoms with Gasteiger partial charge in [-0.25, -0.2) is 9.59 Å². The molecule has 7 heteroatoms. The Morgan fingerprint density at radius 1 is 1.42 bits per heavy atom. The number of rotatable bonds is 4. The van der Waals surface area contributed by atoms with Crippen molar-refractivity contribution in [1.29, 1.82) is 0 Å². The summed E-state index contributed by atoms with van der Waals surface area (Å²) in [5, 5.41) is 2.23. The van der Waals surface area contributed by atoms with Crippen LogP contribution in [0.5, 0.6) is 0 Å². The maximum absolute atomic E-state index is 12.5. The number of halogens is 1. The molecule has 0 unspecified atom stereocenters. The van der Waals surface area contributed by atoms with Crippen molar-refractivity contribution < 1.29 is 22.9 Å². The van der Waals surface area contributed by atoms with Crippen LogP contribution in [0.3, 0.4) is 0 Å². The van der Waals surface area contributed by atoms with Crippen molar-refractivity contribution in [2.45, 2.75) is 56.9 Å². The first-order chi connectivity index (χ1) is 8.72. The molecule has 0 aromatic heterocycles. The second-order valence-electron chi connectivity index (χ2n) is 5.55.